The number of thioether (sulfide) groups is 2. The molecule has 2 aromatic carbocycles. The molecule has 2 aliphatic rings. The number of aryl methyl sites for hydroxylation is 5. The minimum absolute atomic E-state index is 0.149. The van der Waals surface area contributed by atoms with Gasteiger partial charge < -0.3 is 20.5 Å². The number of nitrogens with one attached hydrogen (secondary N) is 2. The first-order valence-corrected chi connectivity index (χ1v) is 21.5. The summed E-state index contributed by atoms with van der Waals surface area (Å²) in [5.41, 5.74) is 12.9. The van der Waals surface area contributed by atoms with Crippen LogP contribution < -0.4 is 15.4 Å². The van der Waals surface area contributed by atoms with Crippen LogP contribution in [0.15, 0.2) is 104 Å². The van der Waals surface area contributed by atoms with E-state index in [1.165, 1.54) is 22.3 Å². The first-order valence-electron chi connectivity index (χ1n) is 19.4. The van der Waals surface area contributed by atoms with Gasteiger partial charge in [-0.05, 0) is 97.6 Å². The molecule has 5 aromatic heterocycles. The molecular weight excluding hydrogens is 763 g/mol. The normalized spacial score (nSPS) is 16.0. The Hall–Kier alpha value is -5.79. The van der Waals surface area contributed by atoms with Crippen LogP contribution in [0.25, 0.3) is 22.8 Å². The van der Waals surface area contributed by atoms with Crippen molar-refractivity contribution in [2.24, 2.45) is 14.1 Å². The van der Waals surface area contributed by atoms with Crippen LogP contribution >= 0.6 is 23.5 Å². The van der Waals surface area contributed by atoms with Gasteiger partial charge in [0.1, 0.15) is 41.1 Å². The summed E-state index contributed by atoms with van der Waals surface area (Å²) < 4.78 is 9.96. The molecule has 2 atom stereocenters. The molecule has 0 saturated carbocycles. The summed E-state index contributed by atoms with van der Waals surface area (Å²) in [6.07, 6.45) is 5.43. The third kappa shape index (κ3) is 8.14. The standard InChI is InChI=1S/C26H27N5OS.C19H20N4OS/c1-17-15-20(32-16-19-7-6-12-27-18(19)2)9-10-21(17)25-23-24(22-8-4-5-11-28-22)30-31(3)26(23)29-13-14-33-25;1-12-11-13(24)6-7-14(12)18-16-17(15-5-3-4-8-20-15)22-23(2)19(16)21-9-10-25-18/h4-12,15,25,29H,13-14,16H2,1-3H3;3-8,11,18,21,24H,9-10H2,1-2H3. The van der Waals surface area contributed by atoms with Gasteiger partial charge in [0.25, 0.3) is 0 Å². The van der Waals surface area contributed by atoms with Crippen LogP contribution in [0, 0.1) is 20.8 Å². The lowest BCUT2D eigenvalue weighted by molar-refractivity contribution is 0.304. The van der Waals surface area contributed by atoms with Gasteiger partial charge in [-0.2, -0.15) is 10.2 Å². The number of phenolic OH excluding ortho intramolecular Hbond substituents is 1. The van der Waals surface area contributed by atoms with E-state index >= 15 is 0 Å². The molecule has 0 spiro atoms. The van der Waals surface area contributed by atoms with Gasteiger partial charge >= 0.3 is 0 Å². The number of rotatable bonds is 7. The van der Waals surface area contributed by atoms with Crippen molar-refractivity contribution in [2.75, 3.05) is 35.2 Å². The Kier molecular flexibility index (Phi) is 11.7. The third-order valence-electron chi connectivity index (χ3n) is 10.4. The molecule has 7 heterocycles. The Morgan fingerprint density at radius 3 is 1.74 bits per heavy atom. The van der Waals surface area contributed by atoms with Crippen LogP contribution in [0.4, 0.5) is 11.6 Å². The molecule has 0 aliphatic carbocycles. The maximum absolute atomic E-state index is 9.78. The number of benzene rings is 2. The van der Waals surface area contributed by atoms with Gasteiger partial charge in [-0.3, -0.25) is 24.3 Å². The quantitative estimate of drug-likeness (QED) is 0.143. The van der Waals surface area contributed by atoms with Crippen LogP contribution in [0.5, 0.6) is 11.5 Å². The Labute approximate surface area is 347 Å². The Morgan fingerprint density at radius 1 is 0.672 bits per heavy atom. The Balaban J connectivity index is 0.000000168. The minimum atomic E-state index is 0.149. The zero-order valence-electron chi connectivity index (χ0n) is 33.3. The number of pyridine rings is 3. The highest BCUT2D eigenvalue weighted by molar-refractivity contribution is 8.00. The number of aromatic hydroxyl groups is 1. The van der Waals surface area contributed by atoms with Gasteiger partial charge in [0.15, 0.2) is 0 Å². The number of anilines is 2. The molecule has 0 bridgehead atoms. The van der Waals surface area contributed by atoms with Crippen LogP contribution in [-0.4, -0.2) is 64.2 Å². The van der Waals surface area contributed by atoms with Gasteiger partial charge in [0.2, 0.25) is 0 Å². The second-order valence-corrected chi connectivity index (χ2v) is 16.8. The van der Waals surface area contributed by atoms with Gasteiger partial charge in [0, 0.05) is 79.7 Å². The molecule has 11 nitrogen and oxygen atoms in total. The predicted octanol–water partition coefficient (Wildman–Crippen LogP) is 9.07. The summed E-state index contributed by atoms with van der Waals surface area (Å²) in [4.78, 5) is 13.4. The summed E-state index contributed by atoms with van der Waals surface area (Å²) in [7, 11) is 3.96. The number of ether oxygens (including phenoxy) is 1. The van der Waals surface area contributed by atoms with Crippen molar-refractivity contribution in [2.45, 2.75) is 37.9 Å². The SMILES string of the molecule is Cc1cc(O)ccc1C1SCCNc2c1c(-c1ccccn1)nn2C.Cc1cc(OCc2cccnc2C)ccc1C1SCCNc2c1c(-c1ccccn1)nn2C. The van der Waals surface area contributed by atoms with Crippen molar-refractivity contribution in [1.29, 1.82) is 0 Å². The van der Waals surface area contributed by atoms with Gasteiger partial charge in [-0.25, -0.2) is 0 Å². The number of nitrogens with zero attached hydrogens (tertiary/aromatic N) is 7. The van der Waals surface area contributed by atoms with Gasteiger partial charge in [-0.15, -0.1) is 23.5 Å². The maximum Gasteiger partial charge on any atom is 0.129 e. The van der Waals surface area contributed by atoms with Gasteiger partial charge in [0.05, 0.1) is 21.9 Å². The fourth-order valence-corrected chi connectivity index (χ4v) is 10.1. The van der Waals surface area contributed by atoms with E-state index in [1.807, 2.05) is 128 Å². The lowest BCUT2D eigenvalue weighted by Crippen LogP contribution is -2.06. The van der Waals surface area contributed by atoms with E-state index in [2.05, 4.69) is 56.8 Å². The van der Waals surface area contributed by atoms with Crippen molar-refractivity contribution in [1.82, 2.24) is 34.5 Å². The Bertz CT molecular complexity index is 2520. The zero-order chi connectivity index (χ0) is 40.2. The second kappa shape index (κ2) is 17.4. The van der Waals surface area contributed by atoms with Crippen LogP contribution in [0.3, 0.4) is 0 Å². The number of hydrogen-bond acceptors (Lipinski definition) is 11. The van der Waals surface area contributed by atoms with E-state index in [0.717, 1.165) is 87.1 Å². The van der Waals surface area contributed by atoms with Crippen molar-refractivity contribution in [3.05, 3.63) is 148 Å². The molecular formula is C45H47N9O2S2. The van der Waals surface area contributed by atoms with Crippen LogP contribution in [-0.2, 0) is 20.7 Å². The summed E-state index contributed by atoms with van der Waals surface area (Å²) in [5.74, 6) is 5.29. The largest absolute Gasteiger partial charge is 0.508 e. The van der Waals surface area contributed by atoms with Crippen molar-refractivity contribution in [3.63, 3.8) is 0 Å². The molecule has 0 radical (unpaired) electrons. The van der Waals surface area contributed by atoms with E-state index in [0.29, 0.717) is 12.4 Å². The highest BCUT2D eigenvalue weighted by Crippen LogP contribution is 2.48. The highest BCUT2D eigenvalue weighted by Gasteiger charge is 2.32. The third-order valence-corrected chi connectivity index (χ3v) is 13.0. The smallest absolute Gasteiger partial charge is 0.129 e. The first kappa shape index (κ1) is 39.1. The molecule has 0 amide bonds. The van der Waals surface area contributed by atoms with Crippen molar-refractivity contribution < 1.29 is 9.84 Å². The number of aromatic nitrogens is 7. The number of fused-ring (bicyclic) bond motifs is 2. The topological polar surface area (TPSA) is 128 Å². The number of hydrogen-bond donors (Lipinski definition) is 3. The van der Waals surface area contributed by atoms with E-state index < -0.39 is 0 Å². The predicted molar refractivity (Wildman–Crippen MR) is 236 cm³/mol. The van der Waals surface area contributed by atoms with E-state index in [1.54, 1.807) is 12.3 Å². The minimum Gasteiger partial charge on any atom is -0.508 e. The van der Waals surface area contributed by atoms with Gasteiger partial charge in [-0.1, -0.05) is 30.3 Å². The Morgan fingerprint density at radius 2 is 1.22 bits per heavy atom. The molecule has 0 saturated heterocycles. The number of phenols is 1. The fourth-order valence-electron chi connectivity index (χ4n) is 7.55. The van der Waals surface area contributed by atoms with E-state index in [-0.39, 0.29) is 10.5 Å². The highest BCUT2D eigenvalue weighted by atomic mass is 32.2. The molecule has 0 fully saturated rings. The average molecular weight is 810 g/mol. The molecule has 7 aromatic rings. The lowest BCUT2D eigenvalue weighted by Gasteiger charge is -2.19. The summed E-state index contributed by atoms with van der Waals surface area (Å²) in [5, 5.41) is 26.8. The van der Waals surface area contributed by atoms with Crippen molar-refractivity contribution >= 4 is 35.2 Å². The molecule has 2 unspecified atom stereocenters. The zero-order valence-corrected chi connectivity index (χ0v) is 34.9. The fraction of sp³-hybridized carbons (Fsp3) is 0.267. The summed E-state index contributed by atoms with van der Waals surface area (Å²) in [6, 6.07) is 27.9. The average Bonchev–Trinajstić information content (AvgIpc) is 3.51. The maximum atomic E-state index is 9.78. The summed E-state index contributed by atoms with van der Waals surface area (Å²) in [6.45, 7) is 8.52. The molecule has 296 valence electrons. The first-order chi connectivity index (χ1) is 28.3. The molecule has 3 N–H and O–H groups in total. The molecule has 13 heteroatoms. The molecule has 58 heavy (non-hydrogen) atoms. The van der Waals surface area contributed by atoms with E-state index in [9.17, 15) is 5.11 Å². The van der Waals surface area contributed by atoms with Crippen LogP contribution in [0.2, 0.25) is 0 Å². The molecule has 2 aliphatic heterocycles. The molecule has 9 rings (SSSR count). The van der Waals surface area contributed by atoms with Crippen LogP contribution in [0.1, 0.15) is 55.1 Å². The monoisotopic (exact) mass is 809 g/mol. The summed E-state index contributed by atoms with van der Waals surface area (Å²) >= 11 is 3.84. The van der Waals surface area contributed by atoms with E-state index in [4.69, 9.17) is 14.9 Å². The second-order valence-electron chi connectivity index (χ2n) is 14.4. The van der Waals surface area contributed by atoms with Crippen molar-refractivity contribution in [3.8, 4) is 34.3 Å². The lowest BCUT2D eigenvalue weighted by atomic mass is 9.98.